The van der Waals surface area contributed by atoms with E-state index in [1.54, 1.807) is 0 Å². The second-order valence-corrected chi connectivity index (χ2v) is 4.32. The molecule has 0 radical (unpaired) electrons. The summed E-state index contributed by atoms with van der Waals surface area (Å²) in [5, 5.41) is 0. The van der Waals surface area contributed by atoms with Gasteiger partial charge >= 0.3 is 0 Å². The van der Waals surface area contributed by atoms with E-state index in [1.165, 1.54) is 43.5 Å². The lowest BCUT2D eigenvalue weighted by molar-refractivity contribution is 0.221. The molecule has 1 fully saturated rings. The molecule has 0 aromatic heterocycles. The van der Waals surface area contributed by atoms with Gasteiger partial charge in [0.15, 0.2) is 0 Å². The average molecular weight is 249 g/mol. The third-order valence-corrected chi connectivity index (χ3v) is 2.98. The third-order valence-electron chi connectivity index (χ3n) is 2.98. The van der Waals surface area contributed by atoms with Gasteiger partial charge in [0, 0.05) is 6.54 Å². The van der Waals surface area contributed by atoms with E-state index in [4.69, 9.17) is 0 Å². The summed E-state index contributed by atoms with van der Waals surface area (Å²) in [4.78, 5) is 2.56. The quantitative estimate of drug-likeness (QED) is 0.710. The Kier molecular flexibility index (Phi) is 10.8. The Balaban J connectivity index is 0.000000659. The van der Waals surface area contributed by atoms with Crippen LogP contribution < -0.4 is 0 Å². The number of piperidine rings is 1. The molecule has 1 aromatic carbocycles. The minimum absolute atomic E-state index is 1.14. The molecule has 1 heteroatoms. The van der Waals surface area contributed by atoms with Gasteiger partial charge in [-0.2, -0.15) is 0 Å². The molecular formula is C17H31N. The normalized spacial score (nSPS) is 14.9. The topological polar surface area (TPSA) is 3.24 Å². The van der Waals surface area contributed by atoms with Gasteiger partial charge in [-0.05, 0) is 38.4 Å². The lowest BCUT2D eigenvalue weighted by Crippen LogP contribution is -2.28. The van der Waals surface area contributed by atoms with Gasteiger partial charge in [0.05, 0.1) is 0 Å². The molecule has 0 spiro atoms. The predicted octanol–water partition coefficient (Wildman–Crippen LogP) is 5.03. The summed E-state index contributed by atoms with van der Waals surface area (Å²) in [6, 6.07) is 8.92. The van der Waals surface area contributed by atoms with Crippen molar-refractivity contribution in [3.05, 3.63) is 35.4 Å². The Bertz CT molecular complexity index is 270. The summed E-state index contributed by atoms with van der Waals surface area (Å²) in [6.45, 7) is 13.9. The predicted molar refractivity (Wildman–Crippen MR) is 83.0 cm³/mol. The van der Waals surface area contributed by atoms with E-state index in [-0.39, 0.29) is 0 Å². The highest BCUT2D eigenvalue weighted by molar-refractivity contribution is 5.21. The van der Waals surface area contributed by atoms with E-state index >= 15 is 0 Å². The van der Waals surface area contributed by atoms with E-state index in [2.05, 4.69) is 36.1 Å². The number of hydrogen-bond donors (Lipinski definition) is 0. The van der Waals surface area contributed by atoms with Crippen LogP contribution in [-0.2, 0) is 6.54 Å². The van der Waals surface area contributed by atoms with Crippen LogP contribution in [0.3, 0.4) is 0 Å². The molecule has 1 aliphatic heterocycles. The van der Waals surface area contributed by atoms with Crippen LogP contribution in [0.25, 0.3) is 0 Å². The fourth-order valence-corrected chi connectivity index (χ4v) is 2.07. The van der Waals surface area contributed by atoms with Crippen molar-refractivity contribution < 1.29 is 0 Å². The first-order chi connectivity index (χ1) is 8.84. The molecule has 0 atom stereocenters. The van der Waals surface area contributed by atoms with Crippen molar-refractivity contribution in [3.63, 3.8) is 0 Å². The van der Waals surface area contributed by atoms with Gasteiger partial charge in [-0.15, -0.1) is 0 Å². The molecular weight excluding hydrogens is 218 g/mol. The van der Waals surface area contributed by atoms with Gasteiger partial charge in [0.25, 0.3) is 0 Å². The summed E-state index contributed by atoms with van der Waals surface area (Å²) in [5.74, 6) is 0. The molecule has 0 unspecified atom stereocenters. The molecule has 18 heavy (non-hydrogen) atoms. The number of benzene rings is 1. The molecule has 0 saturated carbocycles. The molecule has 0 aliphatic carbocycles. The van der Waals surface area contributed by atoms with Gasteiger partial charge in [0.2, 0.25) is 0 Å². The number of nitrogens with zero attached hydrogens (tertiary/aromatic N) is 1. The van der Waals surface area contributed by atoms with Gasteiger partial charge in [-0.3, -0.25) is 4.90 Å². The molecule has 2 rings (SSSR count). The van der Waals surface area contributed by atoms with Gasteiger partial charge in [-0.1, -0.05) is 63.9 Å². The highest BCUT2D eigenvalue weighted by Crippen LogP contribution is 2.13. The van der Waals surface area contributed by atoms with E-state index < -0.39 is 0 Å². The maximum absolute atomic E-state index is 2.56. The van der Waals surface area contributed by atoms with Gasteiger partial charge in [-0.25, -0.2) is 0 Å². The molecule has 104 valence electrons. The van der Waals surface area contributed by atoms with Crippen LogP contribution >= 0.6 is 0 Å². The van der Waals surface area contributed by atoms with E-state index in [1.807, 2.05) is 27.7 Å². The first-order valence-corrected chi connectivity index (χ1v) is 7.62. The monoisotopic (exact) mass is 249 g/mol. The van der Waals surface area contributed by atoms with Crippen molar-refractivity contribution in [2.24, 2.45) is 0 Å². The summed E-state index contributed by atoms with van der Waals surface area (Å²) >= 11 is 0. The smallest absolute Gasteiger partial charge is 0.0233 e. The zero-order valence-corrected chi connectivity index (χ0v) is 13.0. The average Bonchev–Trinajstić information content (AvgIpc) is 2.47. The standard InChI is InChI=1S/C13H19N.2C2H6/c1-12-5-7-13(8-6-12)11-14-9-3-2-4-10-14;2*1-2/h5-8H,2-4,9-11H2,1H3;2*1-2H3. The Morgan fingerprint density at radius 1 is 0.833 bits per heavy atom. The van der Waals surface area contributed by atoms with Crippen LogP contribution in [0.1, 0.15) is 58.1 Å². The molecule has 0 amide bonds. The highest BCUT2D eigenvalue weighted by Gasteiger charge is 2.09. The van der Waals surface area contributed by atoms with E-state index in [9.17, 15) is 0 Å². The summed E-state index contributed by atoms with van der Waals surface area (Å²) in [7, 11) is 0. The Morgan fingerprint density at radius 3 is 1.83 bits per heavy atom. The minimum Gasteiger partial charge on any atom is -0.299 e. The van der Waals surface area contributed by atoms with Gasteiger partial charge in [0.1, 0.15) is 0 Å². The van der Waals surface area contributed by atoms with Crippen molar-refractivity contribution in [2.45, 2.75) is 60.4 Å². The number of rotatable bonds is 2. The highest BCUT2D eigenvalue weighted by atomic mass is 15.1. The van der Waals surface area contributed by atoms with Crippen molar-refractivity contribution in [1.29, 1.82) is 0 Å². The maximum Gasteiger partial charge on any atom is 0.0233 e. The second kappa shape index (κ2) is 11.3. The minimum atomic E-state index is 1.14. The van der Waals surface area contributed by atoms with E-state index in [0.717, 1.165) is 6.54 Å². The number of likely N-dealkylation sites (tertiary alicyclic amines) is 1. The summed E-state index contributed by atoms with van der Waals surface area (Å²) in [5.41, 5.74) is 2.81. The molecule has 1 saturated heterocycles. The third kappa shape index (κ3) is 6.80. The fraction of sp³-hybridized carbons (Fsp3) is 0.647. The maximum atomic E-state index is 2.56. The lowest BCUT2D eigenvalue weighted by atomic mass is 10.1. The zero-order chi connectivity index (χ0) is 13.8. The molecule has 1 aliphatic rings. The first kappa shape index (κ1) is 17.2. The van der Waals surface area contributed by atoms with Crippen LogP contribution in [0.5, 0.6) is 0 Å². The zero-order valence-electron chi connectivity index (χ0n) is 13.0. The Labute approximate surface area is 114 Å². The van der Waals surface area contributed by atoms with E-state index in [0.29, 0.717) is 0 Å². The molecule has 1 nitrogen and oxygen atoms in total. The fourth-order valence-electron chi connectivity index (χ4n) is 2.07. The second-order valence-electron chi connectivity index (χ2n) is 4.32. The lowest BCUT2D eigenvalue weighted by Gasteiger charge is -2.26. The molecule has 0 bridgehead atoms. The van der Waals surface area contributed by atoms with Crippen molar-refractivity contribution in [2.75, 3.05) is 13.1 Å². The van der Waals surface area contributed by atoms with Crippen LogP contribution in [0.15, 0.2) is 24.3 Å². The molecule has 1 heterocycles. The van der Waals surface area contributed by atoms with Crippen molar-refractivity contribution >= 4 is 0 Å². The van der Waals surface area contributed by atoms with Gasteiger partial charge < -0.3 is 0 Å². The number of hydrogen-bond acceptors (Lipinski definition) is 1. The van der Waals surface area contributed by atoms with Crippen molar-refractivity contribution in [1.82, 2.24) is 4.90 Å². The van der Waals surface area contributed by atoms with Crippen molar-refractivity contribution in [3.8, 4) is 0 Å². The first-order valence-electron chi connectivity index (χ1n) is 7.62. The summed E-state index contributed by atoms with van der Waals surface area (Å²) in [6.07, 6.45) is 4.18. The largest absolute Gasteiger partial charge is 0.299 e. The number of aryl methyl sites for hydroxylation is 1. The SMILES string of the molecule is CC.CC.Cc1ccc(CN2CCCCC2)cc1. The molecule has 0 N–H and O–H groups in total. The molecule has 1 aromatic rings. The summed E-state index contributed by atoms with van der Waals surface area (Å²) < 4.78 is 0. The Morgan fingerprint density at radius 2 is 1.33 bits per heavy atom. The van der Waals surface area contributed by atoms with Crippen LogP contribution in [0, 0.1) is 6.92 Å². The van der Waals surface area contributed by atoms with Crippen LogP contribution in [0.4, 0.5) is 0 Å². The van der Waals surface area contributed by atoms with Crippen LogP contribution in [-0.4, -0.2) is 18.0 Å². The van der Waals surface area contributed by atoms with Crippen LogP contribution in [0.2, 0.25) is 0 Å². The Hall–Kier alpha value is -0.820.